The van der Waals surface area contributed by atoms with Crippen LogP contribution in [-0.4, -0.2) is 70.9 Å². The zero-order valence-electron chi connectivity index (χ0n) is 10.2. The Labute approximate surface area is 102 Å². The topological polar surface area (TPSA) is 64.0 Å². The molecule has 5 nitrogen and oxygen atoms in total. The van der Waals surface area contributed by atoms with Crippen LogP contribution in [0.4, 0.5) is 0 Å². The number of likely N-dealkylation sites (tertiary alicyclic amines) is 2. The smallest absolute Gasteiger partial charge is 0.222 e. The lowest BCUT2D eigenvalue weighted by atomic mass is 10.2. The number of β-amino-alcohol motifs (C(OH)–C–C–N with tert-alkyl or cyclic N) is 1. The fraction of sp³-hybridized carbons (Fsp3) is 0.917. The summed E-state index contributed by atoms with van der Waals surface area (Å²) in [5.74, 6) is 0.157. The Morgan fingerprint density at radius 1 is 1.29 bits per heavy atom. The molecule has 2 aliphatic rings. The molecular weight excluding hydrogens is 220 g/mol. The first-order valence-corrected chi connectivity index (χ1v) is 6.51. The molecule has 0 aromatic rings. The first-order valence-electron chi connectivity index (χ1n) is 6.51. The number of aliphatic hydroxyl groups is 2. The molecule has 1 amide bonds. The Kier molecular flexibility index (Phi) is 4.36. The van der Waals surface area contributed by atoms with Gasteiger partial charge in [0.25, 0.3) is 0 Å². The SMILES string of the molecule is O=C1CCCN1CC(O)CN1CCCC1CO. The summed E-state index contributed by atoms with van der Waals surface area (Å²) in [4.78, 5) is 15.3. The molecule has 2 rings (SSSR count). The second kappa shape index (κ2) is 5.80. The van der Waals surface area contributed by atoms with Crippen molar-refractivity contribution in [2.75, 3.05) is 32.8 Å². The summed E-state index contributed by atoms with van der Waals surface area (Å²) in [5, 5.41) is 19.2. The van der Waals surface area contributed by atoms with Gasteiger partial charge in [-0.2, -0.15) is 0 Å². The van der Waals surface area contributed by atoms with E-state index in [1.165, 1.54) is 0 Å². The van der Waals surface area contributed by atoms with Gasteiger partial charge in [-0.25, -0.2) is 0 Å². The lowest BCUT2D eigenvalue weighted by Crippen LogP contribution is -2.43. The molecule has 0 aromatic heterocycles. The van der Waals surface area contributed by atoms with Crippen LogP contribution in [0.5, 0.6) is 0 Å². The van der Waals surface area contributed by atoms with Crippen LogP contribution >= 0.6 is 0 Å². The number of hydrogen-bond donors (Lipinski definition) is 2. The summed E-state index contributed by atoms with van der Waals surface area (Å²) in [6.45, 7) is 2.88. The van der Waals surface area contributed by atoms with Crippen molar-refractivity contribution in [1.82, 2.24) is 9.80 Å². The van der Waals surface area contributed by atoms with E-state index in [9.17, 15) is 15.0 Å². The van der Waals surface area contributed by atoms with Crippen molar-refractivity contribution in [3.63, 3.8) is 0 Å². The molecule has 2 aliphatic heterocycles. The van der Waals surface area contributed by atoms with Gasteiger partial charge in [0.05, 0.1) is 12.7 Å². The number of carbonyl (C=O) groups excluding carboxylic acids is 1. The average molecular weight is 242 g/mol. The van der Waals surface area contributed by atoms with Crippen LogP contribution in [0.25, 0.3) is 0 Å². The van der Waals surface area contributed by atoms with E-state index in [0.29, 0.717) is 19.5 Å². The highest BCUT2D eigenvalue weighted by molar-refractivity contribution is 5.78. The Balaban J connectivity index is 1.76. The van der Waals surface area contributed by atoms with E-state index in [0.717, 1.165) is 32.4 Å². The van der Waals surface area contributed by atoms with Crippen molar-refractivity contribution in [1.29, 1.82) is 0 Å². The van der Waals surface area contributed by atoms with Gasteiger partial charge >= 0.3 is 0 Å². The number of aliphatic hydroxyl groups excluding tert-OH is 2. The molecule has 0 saturated carbocycles. The van der Waals surface area contributed by atoms with Crippen molar-refractivity contribution in [2.24, 2.45) is 0 Å². The maximum absolute atomic E-state index is 11.4. The Bertz CT molecular complexity index is 272. The highest BCUT2D eigenvalue weighted by Gasteiger charge is 2.28. The van der Waals surface area contributed by atoms with Gasteiger partial charge in [0.1, 0.15) is 0 Å². The van der Waals surface area contributed by atoms with Gasteiger partial charge in [0.2, 0.25) is 5.91 Å². The standard InChI is InChI=1S/C12H22N2O3/c15-9-10-3-1-5-13(10)7-11(16)8-14-6-2-4-12(14)17/h10-11,15-16H,1-9H2. The van der Waals surface area contributed by atoms with Crippen LogP contribution in [-0.2, 0) is 4.79 Å². The summed E-state index contributed by atoms with van der Waals surface area (Å²) >= 11 is 0. The van der Waals surface area contributed by atoms with Gasteiger partial charge in [0.15, 0.2) is 0 Å². The Morgan fingerprint density at radius 2 is 2.12 bits per heavy atom. The van der Waals surface area contributed by atoms with E-state index in [2.05, 4.69) is 4.90 Å². The predicted molar refractivity (Wildman–Crippen MR) is 63.5 cm³/mol. The van der Waals surface area contributed by atoms with Gasteiger partial charge in [-0.05, 0) is 25.8 Å². The highest BCUT2D eigenvalue weighted by Crippen LogP contribution is 2.17. The summed E-state index contributed by atoms with van der Waals surface area (Å²) in [6, 6.07) is 0.193. The highest BCUT2D eigenvalue weighted by atomic mass is 16.3. The number of rotatable bonds is 5. The molecule has 2 N–H and O–H groups in total. The molecular formula is C12H22N2O3. The van der Waals surface area contributed by atoms with Gasteiger partial charge in [-0.15, -0.1) is 0 Å². The second-order valence-electron chi connectivity index (χ2n) is 5.07. The minimum absolute atomic E-state index is 0.157. The third-order valence-electron chi connectivity index (χ3n) is 3.76. The van der Waals surface area contributed by atoms with E-state index in [1.807, 2.05) is 0 Å². The Morgan fingerprint density at radius 3 is 2.76 bits per heavy atom. The van der Waals surface area contributed by atoms with E-state index in [4.69, 9.17) is 0 Å². The van der Waals surface area contributed by atoms with E-state index < -0.39 is 6.10 Å². The quantitative estimate of drug-likeness (QED) is 0.677. The molecule has 17 heavy (non-hydrogen) atoms. The largest absolute Gasteiger partial charge is 0.395 e. The molecule has 2 heterocycles. The molecule has 5 heteroatoms. The van der Waals surface area contributed by atoms with Crippen molar-refractivity contribution >= 4 is 5.91 Å². The summed E-state index contributed by atoms with van der Waals surface area (Å²) in [7, 11) is 0. The van der Waals surface area contributed by atoms with Crippen LogP contribution in [0.1, 0.15) is 25.7 Å². The zero-order valence-corrected chi connectivity index (χ0v) is 10.2. The summed E-state index contributed by atoms with van der Waals surface area (Å²) in [6.07, 6.45) is 3.13. The fourth-order valence-corrected chi connectivity index (χ4v) is 2.82. The van der Waals surface area contributed by atoms with Crippen LogP contribution in [0, 0.1) is 0 Å². The number of amides is 1. The molecule has 2 fully saturated rings. The zero-order chi connectivity index (χ0) is 12.3. The predicted octanol–water partition coefficient (Wildman–Crippen LogP) is -0.574. The number of nitrogens with zero attached hydrogens (tertiary/aromatic N) is 2. The minimum atomic E-state index is -0.496. The van der Waals surface area contributed by atoms with Gasteiger partial charge in [-0.3, -0.25) is 9.69 Å². The fourth-order valence-electron chi connectivity index (χ4n) is 2.82. The van der Waals surface area contributed by atoms with Crippen molar-refractivity contribution < 1.29 is 15.0 Å². The van der Waals surface area contributed by atoms with Crippen molar-refractivity contribution in [3.8, 4) is 0 Å². The van der Waals surface area contributed by atoms with Crippen LogP contribution in [0.15, 0.2) is 0 Å². The van der Waals surface area contributed by atoms with Gasteiger partial charge in [0, 0.05) is 32.1 Å². The normalized spacial score (nSPS) is 28.0. The van der Waals surface area contributed by atoms with Crippen LogP contribution < -0.4 is 0 Å². The summed E-state index contributed by atoms with van der Waals surface area (Å²) < 4.78 is 0. The molecule has 2 atom stereocenters. The van der Waals surface area contributed by atoms with Gasteiger partial charge < -0.3 is 15.1 Å². The van der Waals surface area contributed by atoms with Crippen LogP contribution in [0.2, 0.25) is 0 Å². The minimum Gasteiger partial charge on any atom is -0.395 e. The van der Waals surface area contributed by atoms with E-state index >= 15 is 0 Å². The maximum atomic E-state index is 11.4. The second-order valence-corrected chi connectivity index (χ2v) is 5.07. The Hall–Kier alpha value is -0.650. The van der Waals surface area contributed by atoms with Gasteiger partial charge in [-0.1, -0.05) is 0 Å². The molecule has 98 valence electrons. The monoisotopic (exact) mass is 242 g/mol. The molecule has 0 aliphatic carbocycles. The first-order chi connectivity index (χ1) is 8.20. The number of carbonyl (C=O) groups is 1. The molecule has 2 saturated heterocycles. The van der Waals surface area contributed by atoms with Crippen LogP contribution in [0.3, 0.4) is 0 Å². The first kappa shape index (κ1) is 12.8. The van der Waals surface area contributed by atoms with Crippen molar-refractivity contribution in [3.05, 3.63) is 0 Å². The molecule has 0 spiro atoms. The third-order valence-corrected chi connectivity index (χ3v) is 3.76. The maximum Gasteiger partial charge on any atom is 0.222 e. The lowest BCUT2D eigenvalue weighted by Gasteiger charge is -2.27. The number of hydrogen-bond acceptors (Lipinski definition) is 4. The molecule has 2 unspecified atom stereocenters. The average Bonchev–Trinajstić information content (AvgIpc) is 2.89. The summed E-state index contributed by atoms with van der Waals surface area (Å²) in [5.41, 5.74) is 0. The molecule has 0 aromatic carbocycles. The molecule has 0 bridgehead atoms. The van der Waals surface area contributed by atoms with Crippen molar-refractivity contribution in [2.45, 2.75) is 37.8 Å². The van der Waals surface area contributed by atoms with E-state index in [1.54, 1.807) is 4.90 Å². The third kappa shape index (κ3) is 3.18. The lowest BCUT2D eigenvalue weighted by molar-refractivity contribution is -0.129. The van der Waals surface area contributed by atoms with E-state index in [-0.39, 0.29) is 18.6 Å². The molecule has 0 radical (unpaired) electrons.